The average molecular weight is 242 g/mol. The number of carbonyl (C=O) groups is 1. The second-order valence-electron chi connectivity index (χ2n) is 5.83. The highest BCUT2D eigenvalue weighted by Crippen LogP contribution is 2.43. The van der Waals surface area contributed by atoms with Gasteiger partial charge in [0.15, 0.2) is 17.4 Å². The van der Waals surface area contributed by atoms with Crippen molar-refractivity contribution in [2.24, 2.45) is 0 Å². The highest BCUT2D eigenvalue weighted by Gasteiger charge is 2.59. The average Bonchev–Trinajstić information content (AvgIpc) is 2.62. The molecule has 0 aromatic rings. The second kappa shape index (κ2) is 3.29. The Morgan fingerprint density at radius 3 is 2.24 bits per heavy atom. The predicted molar refractivity (Wildman–Crippen MR) is 57.3 cm³/mol. The zero-order chi connectivity index (χ0) is 12.4. The maximum atomic E-state index is 12.0. The molecule has 96 valence electrons. The molecular formula is C12H18O5. The van der Waals surface area contributed by atoms with Gasteiger partial charge in [0.25, 0.3) is 0 Å². The summed E-state index contributed by atoms with van der Waals surface area (Å²) < 4.78 is 23.0. The molecule has 0 bridgehead atoms. The van der Waals surface area contributed by atoms with Crippen molar-refractivity contribution in [3.8, 4) is 0 Å². The van der Waals surface area contributed by atoms with E-state index in [1.54, 1.807) is 0 Å². The van der Waals surface area contributed by atoms with Crippen LogP contribution in [0.2, 0.25) is 0 Å². The van der Waals surface area contributed by atoms with E-state index in [2.05, 4.69) is 0 Å². The minimum absolute atomic E-state index is 0.0446. The molecule has 0 aromatic heterocycles. The maximum Gasteiger partial charge on any atom is 0.167 e. The fraction of sp³-hybridized carbons (Fsp3) is 0.917. The summed E-state index contributed by atoms with van der Waals surface area (Å²) in [5.41, 5.74) is 0. The van der Waals surface area contributed by atoms with Gasteiger partial charge in [-0.15, -0.1) is 0 Å². The summed E-state index contributed by atoms with van der Waals surface area (Å²) in [6.07, 6.45) is -0.943. The molecule has 2 heterocycles. The summed E-state index contributed by atoms with van der Waals surface area (Å²) in [4.78, 5) is 12.0. The van der Waals surface area contributed by atoms with Gasteiger partial charge in [-0.25, -0.2) is 0 Å². The van der Waals surface area contributed by atoms with Gasteiger partial charge in [-0.05, 0) is 27.7 Å². The highest BCUT2D eigenvalue weighted by molar-refractivity contribution is 5.85. The molecule has 0 unspecified atom stereocenters. The quantitative estimate of drug-likeness (QED) is 0.634. The van der Waals surface area contributed by atoms with Crippen LogP contribution >= 0.6 is 0 Å². The fourth-order valence-electron chi connectivity index (χ4n) is 2.89. The largest absolute Gasteiger partial charge is 0.344 e. The van der Waals surface area contributed by atoms with Crippen LogP contribution in [-0.4, -0.2) is 41.8 Å². The Kier molecular flexibility index (Phi) is 2.24. The van der Waals surface area contributed by atoms with E-state index in [-0.39, 0.29) is 24.1 Å². The SMILES string of the molecule is CC1(C)O[C@@H]2[C@@H]3OC(C)(C)O[C@H]3C(=O)C[C@@H]2O1. The minimum Gasteiger partial charge on any atom is -0.344 e. The Hall–Kier alpha value is -0.490. The number of ether oxygens (including phenoxy) is 4. The Balaban J connectivity index is 1.88. The van der Waals surface area contributed by atoms with Gasteiger partial charge in [0.05, 0.1) is 6.10 Å². The zero-order valence-corrected chi connectivity index (χ0v) is 10.6. The number of fused-ring (bicyclic) bond motifs is 3. The van der Waals surface area contributed by atoms with E-state index < -0.39 is 17.7 Å². The fourth-order valence-corrected chi connectivity index (χ4v) is 2.89. The van der Waals surface area contributed by atoms with Crippen LogP contribution < -0.4 is 0 Å². The molecule has 3 fully saturated rings. The third-order valence-corrected chi connectivity index (χ3v) is 3.39. The van der Waals surface area contributed by atoms with Crippen LogP contribution in [0.25, 0.3) is 0 Å². The van der Waals surface area contributed by atoms with Crippen molar-refractivity contribution in [2.75, 3.05) is 0 Å². The maximum absolute atomic E-state index is 12.0. The van der Waals surface area contributed by atoms with Gasteiger partial charge in [-0.2, -0.15) is 0 Å². The monoisotopic (exact) mass is 242 g/mol. The Morgan fingerprint density at radius 2 is 1.53 bits per heavy atom. The van der Waals surface area contributed by atoms with Crippen molar-refractivity contribution in [2.45, 2.75) is 70.1 Å². The Morgan fingerprint density at radius 1 is 0.941 bits per heavy atom. The standard InChI is InChI=1S/C12H18O5/c1-11(2)14-7-5-6(13)8-10(9(7)16-11)17-12(3,4)15-8/h7-10H,5H2,1-4H3/t7-,8-,9-,10+/m0/s1. The van der Waals surface area contributed by atoms with Gasteiger partial charge in [-0.3, -0.25) is 4.79 Å². The third-order valence-electron chi connectivity index (χ3n) is 3.39. The predicted octanol–water partition coefficient (Wildman–Crippen LogP) is 0.999. The van der Waals surface area contributed by atoms with Crippen LogP contribution in [0.3, 0.4) is 0 Å². The molecule has 2 saturated heterocycles. The van der Waals surface area contributed by atoms with Crippen LogP contribution in [0, 0.1) is 0 Å². The smallest absolute Gasteiger partial charge is 0.167 e. The van der Waals surface area contributed by atoms with Crippen LogP contribution in [0.5, 0.6) is 0 Å². The summed E-state index contributed by atoms with van der Waals surface area (Å²) >= 11 is 0. The van der Waals surface area contributed by atoms with Crippen LogP contribution in [-0.2, 0) is 23.7 Å². The zero-order valence-electron chi connectivity index (χ0n) is 10.6. The molecular weight excluding hydrogens is 224 g/mol. The van der Waals surface area contributed by atoms with Crippen LogP contribution in [0.15, 0.2) is 0 Å². The van der Waals surface area contributed by atoms with Gasteiger partial charge in [0.2, 0.25) is 0 Å². The molecule has 1 aliphatic carbocycles. The molecule has 1 saturated carbocycles. The lowest BCUT2D eigenvalue weighted by atomic mass is 9.89. The van der Waals surface area contributed by atoms with Crippen LogP contribution in [0.1, 0.15) is 34.1 Å². The number of Topliss-reactive ketones (excluding diaryl/α,β-unsaturated/α-hetero) is 1. The first kappa shape index (κ1) is 11.6. The molecule has 3 rings (SSSR count). The van der Waals surface area contributed by atoms with E-state index >= 15 is 0 Å². The summed E-state index contributed by atoms with van der Waals surface area (Å²) in [7, 11) is 0. The molecule has 0 radical (unpaired) electrons. The van der Waals surface area contributed by atoms with Crippen molar-refractivity contribution in [3.05, 3.63) is 0 Å². The van der Waals surface area contributed by atoms with Gasteiger partial charge in [0.1, 0.15) is 18.3 Å². The lowest BCUT2D eigenvalue weighted by molar-refractivity contribution is -0.176. The van der Waals surface area contributed by atoms with Crippen molar-refractivity contribution in [1.82, 2.24) is 0 Å². The number of carbonyl (C=O) groups excluding carboxylic acids is 1. The van der Waals surface area contributed by atoms with E-state index in [1.165, 1.54) is 0 Å². The molecule has 4 atom stereocenters. The molecule has 17 heavy (non-hydrogen) atoms. The molecule has 0 amide bonds. The normalized spacial score (nSPS) is 46.7. The van der Waals surface area contributed by atoms with E-state index in [9.17, 15) is 4.79 Å². The van der Waals surface area contributed by atoms with Gasteiger partial charge >= 0.3 is 0 Å². The summed E-state index contributed by atoms with van der Waals surface area (Å²) in [5.74, 6) is -1.33. The molecule has 0 spiro atoms. The van der Waals surface area contributed by atoms with Crippen LogP contribution in [0.4, 0.5) is 0 Å². The molecule has 0 N–H and O–H groups in total. The molecule has 2 aliphatic heterocycles. The Labute approximate surface area is 100 Å². The summed E-state index contributed by atoms with van der Waals surface area (Å²) in [6, 6.07) is 0. The number of ketones is 1. The molecule has 3 aliphatic rings. The lowest BCUT2D eigenvalue weighted by Crippen LogP contribution is -2.51. The van der Waals surface area contributed by atoms with E-state index in [0.717, 1.165) is 0 Å². The van der Waals surface area contributed by atoms with E-state index in [1.807, 2.05) is 27.7 Å². The first-order valence-corrected chi connectivity index (χ1v) is 6.01. The van der Waals surface area contributed by atoms with Crippen molar-refractivity contribution in [3.63, 3.8) is 0 Å². The van der Waals surface area contributed by atoms with Crippen molar-refractivity contribution >= 4 is 5.78 Å². The Bertz CT molecular complexity index is 362. The summed E-state index contributed by atoms with van der Waals surface area (Å²) in [5, 5.41) is 0. The van der Waals surface area contributed by atoms with Crippen molar-refractivity contribution < 1.29 is 23.7 Å². The highest BCUT2D eigenvalue weighted by atomic mass is 16.8. The molecule has 5 nitrogen and oxygen atoms in total. The van der Waals surface area contributed by atoms with E-state index in [4.69, 9.17) is 18.9 Å². The summed E-state index contributed by atoms with van der Waals surface area (Å²) in [6.45, 7) is 7.33. The first-order chi connectivity index (χ1) is 7.77. The molecule has 0 aromatic carbocycles. The topological polar surface area (TPSA) is 54.0 Å². The number of hydrogen-bond donors (Lipinski definition) is 0. The van der Waals surface area contributed by atoms with Crippen molar-refractivity contribution in [1.29, 1.82) is 0 Å². The number of hydrogen-bond acceptors (Lipinski definition) is 5. The number of rotatable bonds is 0. The lowest BCUT2D eigenvalue weighted by Gasteiger charge is -2.29. The van der Waals surface area contributed by atoms with Gasteiger partial charge in [0, 0.05) is 6.42 Å². The van der Waals surface area contributed by atoms with E-state index in [0.29, 0.717) is 6.42 Å². The second-order valence-corrected chi connectivity index (χ2v) is 5.83. The minimum atomic E-state index is -0.726. The third kappa shape index (κ3) is 1.81. The van der Waals surface area contributed by atoms with Gasteiger partial charge in [-0.1, -0.05) is 0 Å². The first-order valence-electron chi connectivity index (χ1n) is 6.01. The van der Waals surface area contributed by atoms with Gasteiger partial charge < -0.3 is 18.9 Å². The molecule has 5 heteroatoms.